The summed E-state index contributed by atoms with van der Waals surface area (Å²) < 4.78 is 5.91. The Morgan fingerprint density at radius 3 is 2.29 bits per heavy atom. The topological polar surface area (TPSA) is 46.6 Å². The van der Waals surface area contributed by atoms with Gasteiger partial charge in [-0.3, -0.25) is 14.5 Å². The van der Waals surface area contributed by atoms with E-state index in [0.29, 0.717) is 23.6 Å². The number of ketones is 1. The van der Waals surface area contributed by atoms with E-state index in [2.05, 4.69) is 13.8 Å². The lowest BCUT2D eigenvalue weighted by atomic mass is 9.69. The highest BCUT2D eigenvalue weighted by Crippen LogP contribution is 2.48. The van der Waals surface area contributed by atoms with Gasteiger partial charge < -0.3 is 4.74 Å². The van der Waals surface area contributed by atoms with E-state index < -0.39 is 0 Å². The Kier molecular flexibility index (Phi) is 5.78. The van der Waals surface area contributed by atoms with Crippen molar-refractivity contribution in [2.45, 2.75) is 39.0 Å². The van der Waals surface area contributed by atoms with E-state index in [1.54, 1.807) is 4.90 Å². The Morgan fingerprint density at radius 1 is 0.882 bits per heavy atom. The van der Waals surface area contributed by atoms with Gasteiger partial charge in [0, 0.05) is 40.7 Å². The van der Waals surface area contributed by atoms with Gasteiger partial charge >= 0.3 is 0 Å². The lowest BCUT2D eigenvalue weighted by molar-refractivity contribution is -0.121. The summed E-state index contributed by atoms with van der Waals surface area (Å²) in [7, 11) is 0. The number of carbonyl (C=O) groups is 2. The molecule has 4 nitrogen and oxygen atoms in total. The summed E-state index contributed by atoms with van der Waals surface area (Å²) in [5.74, 6) is 1.24. The number of Topliss-reactive ketones (excluding diaryl/α,β-unsaturated/α-hetero) is 1. The molecule has 3 aromatic carbocycles. The average molecular weight is 472 g/mol. The van der Waals surface area contributed by atoms with Crippen molar-refractivity contribution in [3.8, 4) is 11.5 Å². The number of nitrogens with zero attached hydrogens (tertiary/aromatic N) is 1. The smallest absolute Gasteiger partial charge is 0.232 e. The molecule has 1 aliphatic heterocycles. The number of benzene rings is 3. The largest absolute Gasteiger partial charge is 0.457 e. The first kappa shape index (κ1) is 22.4. The first-order chi connectivity index (χ1) is 16.3. The van der Waals surface area contributed by atoms with Crippen molar-refractivity contribution in [2.24, 2.45) is 5.41 Å². The predicted molar refractivity (Wildman–Crippen MR) is 134 cm³/mol. The van der Waals surface area contributed by atoms with Crippen LogP contribution in [-0.4, -0.2) is 11.7 Å². The van der Waals surface area contributed by atoms with Gasteiger partial charge in [-0.1, -0.05) is 55.8 Å². The molecule has 1 unspecified atom stereocenters. The highest BCUT2D eigenvalue weighted by Gasteiger charge is 2.44. The number of halogens is 1. The standard InChI is InChI=1S/C29H26ClNO3/c1-29(2)17-25-28(26(32)18-29)24(19-7-6-8-20(30)15-19)16-27(33)31(25)21-11-13-23(14-12-21)34-22-9-4-3-5-10-22/h3-15,24H,16-18H2,1-2H3. The third-order valence-electron chi connectivity index (χ3n) is 6.47. The maximum atomic E-state index is 13.5. The van der Waals surface area contributed by atoms with Crippen molar-refractivity contribution in [2.75, 3.05) is 4.90 Å². The molecule has 0 N–H and O–H groups in total. The van der Waals surface area contributed by atoms with Gasteiger partial charge in [-0.2, -0.15) is 0 Å². The number of ether oxygens (including phenoxy) is 1. The summed E-state index contributed by atoms with van der Waals surface area (Å²) in [6, 6.07) is 24.5. The number of amides is 1. The van der Waals surface area contributed by atoms with Crippen molar-refractivity contribution >= 4 is 29.0 Å². The van der Waals surface area contributed by atoms with E-state index in [1.165, 1.54) is 0 Å². The Hall–Kier alpha value is -3.37. The predicted octanol–water partition coefficient (Wildman–Crippen LogP) is 7.30. The molecule has 172 valence electrons. The molecule has 0 spiro atoms. The van der Waals surface area contributed by atoms with Crippen LogP contribution in [0.5, 0.6) is 11.5 Å². The van der Waals surface area contributed by atoms with E-state index >= 15 is 0 Å². The van der Waals surface area contributed by atoms with Gasteiger partial charge in [-0.05, 0) is 65.9 Å². The molecule has 1 aliphatic carbocycles. The molecule has 3 aromatic rings. The Balaban J connectivity index is 1.54. The van der Waals surface area contributed by atoms with Gasteiger partial charge in [0.15, 0.2) is 5.78 Å². The van der Waals surface area contributed by atoms with Crippen LogP contribution in [0, 0.1) is 5.41 Å². The van der Waals surface area contributed by atoms with Crippen LogP contribution in [0.2, 0.25) is 5.02 Å². The summed E-state index contributed by atoms with van der Waals surface area (Å²) in [6.07, 6.45) is 1.35. The molecule has 1 heterocycles. The van der Waals surface area contributed by atoms with Gasteiger partial charge in [-0.15, -0.1) is 0 Å². The van der Waals surface area contributed by atoms with Crippen molar-refractivity contribution in [1.82, 2.24) is 0 Å². The zero-order valence-electron chi connectivity index (χ0n) is 19.3. The van der Waals surface area contributed by atoms with Crippen LogP contribution in [-0.2, 0) is 9.59 Å². The van der Waals surface area contributed by atoms with Gasteiger partial charge in [0.25, 0.3) is 0 Å². The van der Waals surface area contributed by atoms with Crippen LogP contribution in [0.3, 0.4) is 0 Å². The van der Waals surface area contributed by atoms with Crippen molar-refractivity contribution in [3.05, 3.63) is 101 Å². The zero-order chi connectivity index (χ0) is 23.9. The number of hydrogen-bond acceptors (Lipinski definition) is 3. The molecule has 0 saturated carbocycles. The van der Waals surface area contributed by atoms with Gasteiger partial charge in [-0.25, -0.2) is 0 Å². The molecule has 0 radical (unpaired) electrons. The number of rotatable bonds is 4. The number of allylic oxidation sites excluding steroid dienone is 2. The molecule has 0 saturated heterocycles. The molecule has 1 atom stereocenters. The van der Waals surface area contributed by atoms with Crippen LogP contribution in [0.4, 0.5) is 5.69 Å². The lowest BCUT2D eigenvalue weighted by Crippen LogP contribution is -2.43. The maximum absolute atomic E-state index is 13.5. The second kappa shape index (κ2) is 8.77. The normalized spacial score (nSPS) is 19.7. The molecular weight excluding hydrogens is 446 g/mol. The molecule has 34 heavy (non-hydrogen) atoms. The van der Waals surface area contributed by atoms with E-state index in [-0.39, 0.29) is 29.4 Å². The minimum atomic E-state index is -0.276. The van der Waals surface area contributed by atoms with Crippen LogP contribution in [0.1, 0.15) is 44.6 Å². The molecular formula is C29H26ClNO3. The Morgan fingerprint density at radius 2 is 1.59 bits per heavy atom. The van der Waals surface area contributed by atoms with E-state index in [9.17, 15) is 9.59 Å². The third-order valence-corrected chi connectivity index (χ3v) is 6.70. The number of hydrogen-bond donors (Lipinski definition) is 0. The highest BCUT2D eigenvalue weighted by atomic mass is 35.5. The van der Waals surface area contributed by atoms with Crippen molar-refractivity contribution in [3.63, 3.8) is 0 Å². The summed E-state index contributed by atoms with van der Waals surface area (Å²) in [5, 5.41) is 0.604. The van der Waals surface area contributed by atoms with Crippen LogP contribution < -0.4 is 9.64 Å². The maximum Gasteiger partial charge on any atom is 0.232 e. The van der Waals surface area contributed by atoms with Gasteiger partial charge in [0.05, 0.1) is 0 Å². The lowest BCUT2D eigenvalue weighted by Gasteiger charge is -2.43. The van der Waals surface area contributed by atoms with E-state index in [1.807, 2.05) is 78.9 Å². The van der Waals surface area contributed by atoms with Crippen molar-refractivity contribution < 1.29 is 14.3 Å². The summed E-state index contributed by atoms with van der Waals surface area (Å²) in [5.41, 5.74) is 2.98. The molecule has 5 rings (SSSR count). The van der Waals surface area contributed by atoms with Crippen molar-refractivity contribution in [1.29, 1.82) is 0 Å². The number of anilines is 1. The SMILES string of the molecule is CC1(C)CC(=O)C2=C(C1)N(c1ccc(Oc3ccccc3)cc1)C(=O)CC2c1cccc(Cl)c1. The molecule has 0 bridgehead atoms. The first-order valence-corrected chi connectivity index (χ1v) is 11.9. The Labute approximate surface area is 204 Å². The Bertz CT molecular complexity index is 1280. The van der Waals surface area contributed by atoms with Crippen LogP contribution in [0.15, 0.2) is 90.1 Å². The molecule has 2 aliphatic rings. The fourth-order valence-electron chi connectivity index (χ4n) is 5.01. The number of carbonyl (C=O) groups excluding carboxylic acids is 2. The highest BCUT2D eigenvalue weighted by molar-refractivity contribution is 6.30. The molecule has 5 heteroatoms. The summed E-state index contributed by atoms with van der Waals surface area (Å²) in [4.78, 5) is 28.7. The molecule has 0 fully saturated rings. The summed E-state index contributed by atoms with van der Waals surface area (Å²) >= 11 is 6.25. The minimum Gasteiger partial charge on any atom is -0.457 e. The van der Waals surface area contributed by atoms with Gasteiger partial charge in [0.2, 0.25) is 5.91 Å². The van der Waals surface area contributed by atoms with Crippen LogP contribution in [0.25, 0.3) is 0 Å². The monoisotopic (exact) mass is 471 g/mol. The van der Waals surface area contributed by atoms with E-state index in [4.69, 9.17) is 16.3 Å². The fraction of sp³-hybridized carbons (Fsp3) is 0.241. The molecule has 1 amide bonds. The fourth-order valence-corrected chi connectivity index (χ4v) is 5.21. The zero-order valence-corrected chi connectivity index (χ0v) is 20.0. The first-order valence-electron chi connectivity index (χ1n) is 11.5. The van der Waals surface area contributed by atoms with E-state index in [0.717, 1.165) is 28.3 Å². The van der Waals surface area contributed by atoms with Gasteiger partial charge in [0.1, 0.15) is 11.5 Å². The molecule has 0 aromatic heterocycles. The second-order valence-corrected chi connectivity index (χ2v) is 10.2. The third kappa shape index (κ3) is 4.38. The quantitative estimate of drug-likeness (QED) is 0.401. The van der Waals surface area contributed by atoms with Crippen LogP contribution >= 0.6 is 11.6 Å². The minimum absolute atomic E-state index is 0.0223. The average Bonchev–Trinajstić information content (AvgIpc) is 2.79. The number of para-hydroxylation sites is 1. The summed E-state index contributed by atoms with van der Waals surface area (Å²) in [6.45, 7) is 4.16. The second-order valence-electron chi connectivity index (χ2n) is 9.75.